The summed E-state index contributed by atoms with van der Waals surface area (Å²) < 4.78 is 13.7. The largest absolute Gasteiger partial charge is 0.329 e. The first-order chi connectivity index (χ1) is 8.70. The van der Waals surface area contributed by atoms with E-state index in [0.717, 1.165) is 18.7 Å². The van der Waals surface area contributed by atoms with Crippen molar-refractivity contribution < 1.29 is 4.39 Å². The van der Waals surface area contributed by atoms with E-state index in [4.69, 9.17) is 5.73 Å². The van der Waals surface area contributed by atoms with Gasteiger partial charge < -0.3 is 5.73 Å². The van der Waals surface area contributed by atoms with Gasteiger partial charge in [-0.1, -0.05) is 18.9 Å². The van der Waals surface area contributed by atoms with E-state index in [2.05, 4.69) is 20.8 Å². The van der Waals surface area contributed by atoms with Gasteiger partial charge in [0, 0.05) is 25.7 Å². The molecule has 1 saturated carbocycles. The van der Waals surface area contributed by atoms with Crippen LogP contribution in [-0.4, -0.2) is 24.0 Å². The van der Waals surface area contributed by atoms with Crippen molar-refractivity contribution in [2.45, 2.75) is 38.3 Å². The number of nitrogens with two attached hydrogens (primary N) is 1. The normalized spacial score (nSPS) is 16.7. The fourth-order valence-corrected chi connectivity index (χ4v) is 3.12. The van der Waals surface area contributed by atoms with E-state index in [1.54, 1.807) is 0 Å². The first-order valence-electron chi connectivity index (χ1n) is 6.58. The summed E-state index contributed by atoms with van der Waals surface area (Å²) in [4.78, 5) is 2.44. The molecule has 0 atom stereocenters. The molecule has 1 aliphatic rings. The van der Waals surface area contributed by atoms with Crippen LogP contribution in [0.4, 0.5) is 4.39 Å². The molecule has 18 heavy (non-hydrogen) atoms. The van der Waals surface area contributed by atoms with Crippen LogP contribution in [0.3, 0.4) is 0 Å². The third-order valence-corrected chi connectivity index (χ3v) is 4.23. The molecule has 0 bridgehead atoms. The summed E-state index contributed by atoms with van der Waals surface area (Å²) in [7, 11) is 0. The first-order valence-corrected chi connectivity index (χ1v) is 7.38. The Balaban J connectivity index is 2.04. The zero-order chi connectivity index (χ0) is 13.0. The fraction of sp³-hybridized carbons (Fsp3) is 0.571. The van der Waals surface area contributed by atoms with Crippen LogP contribution >= 0.6 is 15.9 Å². The van der Waals surface area contributed by atoms with E-state index in [1.807, 2.05) is 12.1 Å². The van der Waals surface area contributed by atoms with Gasteiger partial charge in [-0.3, -0.25) is 4.90 Å². The summed E-state index contributed by atoms with van der Waals surface area (Å²) in [5.74, 6) is -0.204. The van der Waals surface area contributed by atoms with Gasteiger partial charge in [-0.15, -0.1) is 0 Å². The van der Waals surface area contributed by atoms with Crippen molar-refractivity contribution >= 4 is 15.9 Å². The molecule has 0 radical (unpaired) electrons. The Labute approximate surface area is 116 Å². The molecule has 1 aromatic rings. The average molecular weight is 315 g/mol. The van der Waals surface area contributed by atoms with Crippen molar-refractivity contribution in [2.24, 2.45) is 5.73 Å². The van der Waals surface area contributed by atoms with Crippen LogP contribution in [0.15, 0.2) is 22.7 Å². The standard InChI is InChI=1S/C14H20BrFN2/c15-13-9-11(5-6-14(13)16)10-18(8-7-17)12-3-1-2-4-12/h5-6,9,12H,1-4,7-8,10,17H2. The molecular weight excluding hydrogens is 295 g/mol. The van der Waals surface area contributed by atoms with Gasteiger partial charge in [0.1, 0.15) is 5.82 Å². The van der Waals surface area contributed by atoms with Crippen molar-refractivity contribution in [3.05, 3.63) is 34.1 Å². The minimum Gasteiger partial charge on any atom is -0.329 e. The maximum atomic E-state index is 13.2. The quantitative estimate of drug-likeness (QED) is 0.903. The molecule has 2 N–H and O–H groups in total. The molecule has 0 spiro atoms. The monoisotopic (exact) mass is 314 g/mol. The number of rotatable bonds is 5. The number of hydrogen-bond donors (Lipinski definition) is 1. The van der Waals surface area contributed by atoms with Crippen LogP contribution < -0.4 is 5.73 Å². The molecule has 4 heteroatoms. The Morgan fingerprint density at radius 2 is 2.06 bits per heavy atom. The molecule has 0 amide bonds. The average Bonchev–Trinajstić information content (AvgIpc) is 2.87. The lowest BCUT2D eigenvalue weighted by Crippen LogP contribution is -2.36. The van der Waals surface area contributed by atoms with Crippen molar-refractivity contribution in [3.63, 3.8) is 0 Å². The molecule has 0 heterocycles. The van der Waals surface area contributed by atoms with Crippen molar-refractivity contribution in [1.29, 1.82) is 0 Å². The molecular formula is C14H20BrFN2. The maximum Gasteiger partial charge on any atom is 0.137 e. The highest BCUT2D eigenvalue weighted by molar-refractivity contribution is 9.10. The van der Waals surface area contributed by atoms with Crippen molar-refractivity contribution in [3.8, 4) is 0 Å². The topological polar surface area (TPSA) is 29.3 Å². The molecule has 2 nitrogen and oxygen atoms in total. The molecule has 0 saturated heterocycles. The van der Waals surface area contributed by atoms with Crippen molar-refractivity contribution in [1.82, 2.24) is 4.90 Å². The van der Waals surface area contributed by atoms with Crippen LogP contribution in [-0.2, 0) is 6.54 Å². The Hall–Kier alpha value is -0.450. The van der Waals surface area contributed by atoms with Gasteiger partial charge in [0.05, 0.1) is 4.47 Å². The highest BCUT2D eigenvalue weighted by atomic mass is 79.9. The summed E-state index contributed by atoms with van der Waals surface area (Å²) >= 11 is 3.24. The van der Waals surface area contributed by atoms with Crippen LogP contribution in [0.2, 0.25) is 0 Å². The van der Waals surface area contributed by atoms with Gasteiger partial charge in [-0.25, -0.2) is 4.39 Å². The summed E-state index contributed by atoms with van der Waals surface area (Å²) in [6, 6.07) is 5.90. The van der Waals surface area contributed by atoms with Gasteiger partial charge >= 0.3 is 0 Å². The van der Waals surface area contributed by atoms with E-state index in [9.17, 15) is 4.39 Å². The third-order valence-electron chi connectivity index (χ3n) is 3.63. The summed E-state index contributed by atoms with van der Waals surface area (Å²) in [5.41, 5.74) is 6.84. The fourth-order valence-electron chi connectivity index (χ4n) is 2.70. The maximum absolute atomic E-state index is 13.2. The predicted molar refractivity (Wildman–Crippen MR) is 75.8 cm³/mol. The Kier molecular flexibility index (Phi) is 5.15. The first kappa shape index (κ1) is 14.0. The molecule has 2 rings (SSSR count). The van der Waals surface area contributed by atoms with E-state index >= 15 is 0 Å². The lowest BCUT2D eigenvalue weighted by molar-refractivity contribution is 0.195. The van der Waals surface area contributed by atoms with Gasteiger partial charge in [0.25, 0.3) is 0 Å². The molecule has 0 aliphatic heterocycles. The Morgan fingerprint density at radius 3 is 2.67 bits per heavy atom. The molecule has 0 unspecified atom stereocenters. The van der Waals surface area contributed by atoms with Crippen LogP contribution in [0.25, 0.3) is 0 Å². The highest BCUT2D eigenvalue weighted by Crippen LogP contribution is 2.25. The van der Waals surface area contributed by atoms with Gasteiger partial charge in [-0.2, -0.15) is 0 Å². The van der Waals surface area contributed by atoms with Gasteiger partial charge in [0.15, 0.2) is 0 Å². The Morgan fingerprint density at radius 1 is 1.33 bits per heavy atom. The zero-order valence-electron chi connectivity index (χ0n) is 10.5. The highest BCUT2D eigenvalue weighted by Gasteiger charge is 2.22. The van der Waals surface area contributed by atoms with Gasteiger partial charge in [0.2, 0.25) is 0 Å². The van der Waals surface area contributed by atoms with Gasteiger partial charge in [-0.05, 0) is 46.5 Å². The smallest absolute Gasteiger partial charge is 0.137 e. The van der Waals surface area contributed by atoms with E-state index in [0.29, 0.717) is 17.1 Å². The lowest BCUT2D eigenvalue weighted by atomic mass is 10.1. The minimum atomic E-state index is -0.204. The molecule has 1 aliphatic carbocycles. The number of hydrogen-bond acceptors (Lipinski definition) is 2. The van der Waals surface area contributed by atoms with E-state index in [-0.39, 0.29) is 5.82 Å². The summed E-state index contributed by atoms with van der Waals surface area (Å²) in [5, 5.41) is 0. The summed E-state index contributed by atoms with van der Waals surface area (Å²) in [6.07, 6.45) is 5.17. The number of benzene rings is 1. The molecule has 1 aromatic carbocycles. The van der Waals surface area contributed by atoms with Crippen molar-refractivity contribution in [2.75, 3.05) is 13.1 Å². The predicted octanol–water partition coefficient (Wildman–Crippen LogP) is 3.29. The second kappa shape index (κ2) is 6.64. The molecule has 1 fully saturated rings. The third kappa shape index (κ3) is 3.53. The second-order valence-corrected chi connectivity index (χ2v) is 5.80. The van der Waals surface area contributed by atoms with E-state index in [1.165, 1.54) is 31.7 Å². The SMILES string of the molecule is NCCN(Cc1ccc(F)c(Br)c1)C1CCCC1. The lowest BCUT2D eigenvalue weighted by Gasteiger charge is -2.28. The number of nitrogens with zero attached hydrogens (tertiary/aromatic N) is 1. The zero-order valence-corrected chi connectivity index (χ0v) is 12.1. The summed E-state index contributed by atoms with van der Waals surface area (Å²) in [6.45, 7) is 2.46. The molecule has 0 aromatic heterocycles. The minimum absolute atomic E-state index is 0.204. The van der Waals surface area contributed by atoms with Crippen LogP contribution in [0.5, 0.6) is 0 Å². The van der Waals surface area contributed by atoms with Crippen LogP contribution in [0, 0.1) is 5.82 Å². The Bertz CT molecular complexity index is 391. The second-order valence-electron chi connectivity index (χ2n) is 4.95. The van der Waals surface area contributed by atoms with Crippen LogP contribution in [0.1, 0.15) is 31.2 Å². The molecule has 100 valence electrons. The van der Waals surface area contributed by atoms with E-state index < -0.39 is 0 Å². The number of halogens is 2.